The van der Waals surface area contributed by atoms with E-state index in [0.717, 1.165) is 19.4 Å². The second-order valence-electron chi connectivity index (χ2n) is 4.75. The average molecular weight is 318 g/mol. The van der Waals surface area contributed by atoms with Gasteiger partial charge in [0.1, 0.15) is 10.8 Å². The predicted molar refractivity (Wildman–Crippen MR) is 78.5 cm³/mol. The van der Waals surface area contributed by atoms with E-state index in [1.54, 1.807) is 18.2 Å². The highest BCUT2D eigenvalue weighted by Crippen LogP contribution is 2.31. The number of rotatable bonds is 5. The molecule has 1 aliphatic rings. The summed E-state index contributed by atoms with van der Waals surface area (Å²) < 4.78 is 10.9. The highest BCUT2D eigenvalue weighted by atomic mass is 35.5. The van der Waals surface area contributed by atoms with Crippen LogP contribution in [0.25, 0.3) is 0 Å². The molecule has 0 radical (unpaired) electrons. The number of benzene rings is 1. The molecular formula is C14H17Cl2NO3. The maximum Gasteiger partial charge on any atom is 0.258 e. The van der Waals surface area contributed by atoms with Gasteiger partial charge in [0.25, 0.3) is 5.91 Å². The van der Waals surface area contributed by atoms with E-state index in [0.29, 0.717) is 15.8 Å². The lowest BCUT2D eigenvalue weighted by Crippen LogP contribution is -2.42. The van der Waals surface area contributed by atoms with Crippen LogP contribution in [0.3, 0.4) is 0 Å². The number of hydrogen-bond donors (Lipinski definition) is 1. The molecule has 1 heterocycles. The van der Waals surface area contributed by atoms with Crippen LogP contribution in [0, 0.1) is 0 Å². The lowest BCUT2D eigenvalue weighted by molar-refractivity contribution is -0.124. The summed E-state index contributed by atoms with van der Waals surface area (Å²) in [6.07, 6.45) is 2.11. The Morgan fingerprint density at radius 3 is 3.05 bits per heavy atom. The fourth-order valence-electron chi connectivity index (χ4n) is 2.12. The number of amides is 1. The number of nitrogens with one attached hydrogen (secondary N) is 1. The molecule has 1 amide bonds. The van der Waals surface area contributed by atoms with Crippen molar-refractivity contribution < 1.29 is 14.3 Å². The molecule has 0 bridgehead atoms. The van der Waals surface area contributed by atoms with Gasteiger partial charge in [-0.15, -0.1) is 0 Å². The van der Waals surface area contributed by atoms with Crippen molar-refractivity contribution in [3.05, 3.63) is 28.2 Å². The van der Waals surface area contributed by atoms with Crippen LogP contribution >= 0.6 is 23.2 Å². The zero-order valence-corrected chi connectivity index (χ0v) is 12.7. The molecule has 2 atom stereocenters. The first-order valence-electron chi connectivity index (χ1n) is 6.55. The van der Waals surface area contributed by atoms with E-state index < -0.39 is 0 Å². The van der Waals surface area contributed by atoms with E-state index in [2.05, 4.69) is 5.32 Å². The SMILES string of the molecule is CC(NC(=O)COc1cccc(Cl)c1Cl)C1CCCO1. The molecule has 1 aromatic rings. The molecule has 2 rings (SSSR count). The molecule has 6 heteroatoms. The van der Waals surface area contributed by atoms with Crippen LogP contribution in [-0.4, -0.2) is 31.3 Å². The van der Waals surface area contributed by atoms with E-state index in [-0.39, 0.29) is 24.7 Å². The van der Waals surface area contributed by atoms with Crippen molar-refractivity contribution in [1.82, 2.24) is 5.32 Å². The summed E-state index contributed by atoms with van der Waals surface area (Å²) in [4.78, 5) is 11.8. The van der Waals surface area contributed by atoms with Crippen molar-refractivity contribution >= 4 is 29.1 Å². The fraction of sp³-hybridized carbons (Fsp3) is 0.500. The van der Waals surface area contributed by atoms with Gasteiger partial charge in [0, 0.05) is 6.61 Å². The minimum absolute atomic E-state index is 0.0246. The molecule has 0 saturated carbocycles. The Bertz CT molecular complexity index is 475. The quantitative estimate of drug-likeness (QED) is 0.908. The van der Waals surface area contributed by atoms with Gasteiger partial charge in [0.2, 0.25) is 0 Å². The molecule has 1 aliphatic heterocycles. The van der Waals surface area contributed by atoms with Crippen molar-refractivity contribution in [2.75, 3.05) is 13.2 Å². The summed E-state index contributed by atoms with van der Waals surface area (Å²) in [7, 11) is 0. The van der Waals surface area contributed by atoms with E-state index in [1.807, 2.05) is 6.92 Å². The third kappa shape index (κ3) is 4.01. The second-order valence-corrected chi connectivity index (χ2v) is 5.53. The Morgan fingerprint density at radius 1 is 1.55 bits per heavy atom. The van der Waals surface area contributed by atoms with Crippen LogP contribution < -0.4 is 10.1 Å². The van der Waals surface area contributed by atoms with Gasteiger partial charge in [0.05, 0.1) is 17.2 Å². The van der Waals surface area contributed by atoms with Gasteiger partial charge in [-0.2, -0.15) is 0 Å². The number of halogens is 2. The van der Waals surface area contributed by atoms with Crippen LogP contribution in [0.4, 0.5) is 0 Å². The van der Waals surface area contributed by atoms with E-state index in [1.165, 1.54) is 0 Å². The minimum atomic E-state index is -0.205. The molecule has 1 saturated heterocycles. The molecule has 0 spiro atoms. The summed E-state index contributed by atoms with van der Waals surface area (Å²) in [5, 5.41) is 3.58. The summed E-state index contributed by atoms with van der Waals surface area (Å²) in [6, 6.07) is 5.03. The van der Waals surface area contributed by atoms with Gasteiger partial charge in [-0.3, -0.25) is 4.79 Å². The van der Waals surface area contributed by atoms with Gasteiger partial charge >= 0.3 is 0 Å². The maximum atomic E-state index is 11.8. The lowest BCUT2D eigenvalue weighted by atomic mass is 10.1. The minimum Gasteiger partial charge on any atom is -0.482 e. The zero-order valence-electron chi connectivity index (χ0n) is 11.2. The first-order valence-corrected chi connectivity index (χ1v) is 7.31. The molecule has 110 valence electrons. The maximum absolute atomic E-state index is 11.8. The van der Waals surface area contributed by atoms with Gasteiger partial charge in [0.15, 0.2) is 6.61 Å². The average Bonchev–Trinajstić information content (AvgIpc) is 2.94. The standard InChI is InChI=1S/C14H17Cl2NO3/c1-9(11-6-3-7-19-11)17-13(18)8-20-12-5-2-4-10(15)14(12)16/h2,4-5,9,11H,3,6-8H2,1H3,(H,17,18). The largest absolute Gasteiger partial charge is 0.482 e. The molecule has 4 nitrogen and oxygen atoms in total. The topological polar surface area (TPSA) is 47.6 Å². The molecule has 20 heavy (non-hydrogen) atoms. The molecular weight excluding hydrogens is 301 g/mol. The third-order valence-corrected chi connectivity index (χ3v) is 3.99. The van der Waals surface area contributed by atoms with E-state index in [9.17, 15) is 4.79 Å². The van der Waals surface area contributed by atoms with Crippen molar-refractivity contribution in [2.45, 2.75) is 31.9 Å². The number of hydrogen-bond acceptors (Lipinski definition) is 3. The van der Waals surface area contributed by atoms with Crippen molar-refractivity contribution in [3.63, 3.8) is 0 Å². The van der Waals surface area contributed by atoms with Gasteiger partial charge in [-0.1, -0.05) is 29.3 Å². The van der Waals surface area contributed by atoms with Crippen molar-refractivity contribution in [2.24, 2.45) is 0 Å². The van der Waals surface area contributed by atoms with Gasteiger partial charge in [-0.25, -0.2) is 0 Å². The smallest absolute Gasteiger partial charge is 0.258 e. The molecule has 1 N–H and O–H groups in total. The van der Waals surface area contributed by atoms with Gasteiger partial charge < -0.3 is 14.8 Å². The lowest BCUT2D eigenvalue weighted by Gasteiger charge is -2.20. The van der Waals surface area contributed by atoms with E-state index in [4.69, 9.17) is 32.7 Å². The van der Waals surface area contributed by atoms with Crippen LogP contribution in [0.2, 0.25) is 10.0 Å². The molecule has 0 aliphatic carbocycles. The van der Waals surface area contributed by atoms with Crippen LogP contribution in [-0.2, 0) is 9.53 Å². The van der Waals surface area contributed by atoms with Gasteiger partial charge in [-0.05, 0) is 31.9 Å². The predicted octanol–water partition coefficient (Wildman–Crippen LogP) is 3.06. The molecule has 1 fully saturated rings. The fourth-order valence-corrected chi connectivity index (χ4v) is 2.47. The Hall–Kier alpha value is -0.970. The first kappa shape index (κ1) is 15.4. The van der Waals surface area contributed by atoms with Crippen LogP contribution in [0.5, 0.6) is 5.75 Å². The summed E-state index contributed by atoms with van der Waals surface area (Å²) in [5.74, 6) is 0.197. The summed E-state index contributed by atoms with van der Waals surface area (Å²) in [6.45, 7) is 2.59. The summed E-state index contributed by atoms with van der Waals surface area (Å²) in [5.41, 5.74) is 0. The number of ether oxygens (including phenoxy) is 2. The highest BCUT2D eigenvalue weighted by Gasteiger charge is 2.23. The zero-order chi connectivity index (χ0) is 14.5. The molecule has 0 aromatic heterocycles. The highest BCUT2D eigenvalue weighted by molar-refractivity contribution is 6.42. The number of carbonyl (C=O) groups excluding carboxylic acids is 1. The summed E-state index contributed by atoms with van der Waals surface area (Å²) >= 11 is 11.8. The Morgan fingerprint density at radius 2 is 2.35 bits per heavy atom. The third-order valence-electron chi connectivity index (χ3n) is 3.19. The van der Waals surface area contributed by atoms with Crippen LogP contribution in [0.1, 0.15) is 19.8 Å². The monoisotopic (exact) mass is 317 g/mol. The number of carbonyl (C=O) groups is 1. The van der Waals surface area contributed by atoms with Crippen molar-refractivity contribution in [3.8, 4) is 5.75 Å². The Balaban J connectivity index is 1.81. The van der Waals surface area contributed by atoms with E-state index >= 15 is 0 Å². The second kappa shape index (κ2) is 7.16. The Labute approximate surface area is 128 Å². The molecule has 2 unspecified atom stereocenters. The first-order chi connectivity index (χ1) is 9.58. The van der Waals surface area contributed by atoms with Crippen LogP contribution in [0.15, 0.2) is 18.2 Å². The molecule has 1 aromatic carbocycles. The Kier molecular flexibility index (Phi) is 5.52. The normalized spacial score (nSPS) is 19.6. The van der Waals surface area contributed by atoms with Crippen molar-refractivity contribution in [1.29, 1.82) is 0 Å².